The maximum absolute atomic E-state index is 12.7. The van der Waals surface area contributed by atoms with Crippen molar-refractivity contribution < 1.29 is 4.79 Å². The van der Waals surface area contributed by atoms with Crippen molar-refractivity contribution in [2.24, 2.45) is 5.92 Å². The van der Waals surface area contributed by atoms with E-state index in [1.54, 1.807) is 11.3 Å². The van der Waals surface area contributed by atoms with Crippen LogP contribution >= 0.6 is 11.3 Å². The fraction of sp³-hybridized carbons (Fsp3) is 0.750. The van der Waals surface area contributed by atoms with Crippen molar-refractivity contribution >= 4 is 17.2 Å². The first-order valence-corrected chi connectivity index (χ1v) is 8.63. The minimum absolute atomic E-state index is 0.138. The highest BCUT2D eigenvalue weighted by molar-refractivity contribution is 7.09. The van der Waals surface area contributed by atoms with Crippen LogP contribution in [0.1, 0.15) is 74.8 Å². The molecule has 0 radical (unpaired) electrons. The first kappa shape index (κ1) is 15.5. The lowest BCUT2D eigenvalue weighted by molar-refractivity contribution is 0.0579. The summed E-state index contributed by atoms with van der Waals surface area (Å²) >= 11 is 1.61. The molecule has 0 spiro atoms. The number of thiazole rings is 1. The van der Waals surface area contributed by atoms with Gasteiger partial charge in [-0.1, -0.05) is 27.7 Å². The van der Waals surface area contributed by atoms with Gasteiger partial charge in [0.05, 0.1) is 5.01 Å². The lowest BCUT2D eigenvalue weighted by atomic mass is 9.94. The van der Waals surface area contributed by atoms with Crippen LogP contribution in [0.3, 0.4) is 0 Å². The fourth-order valence-electron chi connectivity index (χ4n) is 2.86. The number of rotatable bonds is 4. The molecule has 112 valence electrons. The van der Waals surface area contributed by atoms with E-state index in [9.17, 15) is 4.79 Å². The second kappa shape index (κ2) is 6.70. The van der Waals surface area contributed by atoms with E-state index in [2.05, 4.69) is 37.6 Å². The molecule has 1 aliphatic rings. The Hall–Kier alpha value is -0.900. The summed E-state index contributed by atoms with van der Waals surface area (Å²) in [5.41, 5.74) is 0.648. The molecular formula is C16H26N2OS. The molecule has 0 N–H and O–H groups in total. The van der Waals surface area contributed by atoms with E-state index in [4.69, 9.17) is 0 Å². The summed E-state index contributed by atoms with van der Waals surface area (Å²) in [6, 6.07) is 0.403. The van der Waals surface area contributed by atoms with Crippen molar-refractivity contribution in [2.45, 2.75) is 65.3 Å². The van der Waals surface area contributed by atoms with Crippen LogP contribution in [0.2, 0.25) is 0 Å². The number of likely N-dealkylation sites (tertiary alicyclic amines) is 1. The molecule has 0 bridgehead atoms. The number of hydrogen-bond acceptors (Lipinski definition) is 3. The summed E-state index contributed by atoms with van der Waals surface area (Å²) in [6.07, 6.45) is 4.62. The number of nitrogens with zero attached hydrogens (tertiary/aromatic N) is 2. The Labute approximate surface area is 126 Å². The molecule has 1 amide bonds. The molecule has 1 aromatic rings. The number of aromatic nitrogens is 1. The van der Waals surface area contributed by atoms with Crippen LogP contribution in [0.15, 0.2) is 5.38 Å². The van der Waals surface area contributed by atoms with Crippen LogP contribution in [0, 0.1) is 5.92 Å². The number of hydrogen-bond donors (Lipinski definition) is 0. The number of piperidine rings is 1. The molecule has 1 fully saturated rings. The maximum atomic E-state index is 12.7. The largest absolute Gasteiger partial charge is 0.334 e. The van der Waals surface area contributed by atoms with Crippen LogP contribution in [0.4, 0.5) is 0 Å². The van der Waals surface area contributed by atoms with Crippen LogP contribution in [-0.4, -0.2) is 28.4 Å². The predicted molar refractivity (Wildman–Crippen MR) is 84.3 cm³/mol. The summed E-state index contributed by atoms with van der Waals surface area (Å²) in [5, 5.41) is 2.99. The van der Waals surface area contributed by atoms with E-state index >= 15 is 0 Å². The van der Waals surface area contributed by atoms with Gasteiger partial charge in [0.1, 0.15) is 5.69 Å². The summed E-state index contributed by atoms with van der Waals surface area (Å²) < 4.78 is 0. The zero-order valence-corrected chi connectivity index (χ0v) is 13.9. The second-order valence-electron chi connectivity index (χ2n) is 6.50. The molecule has 20 heavy (non-hydrogen) atoms. The summed E-state index contributed by atoms with van der Waals surface area (Å²) in [7, 11) is 0. The summed E-state index contributed by atoms with van der Waals surface area (Å²) in [6.45, 7) is 9.60. The molecule has 0 aromatic carbocycles. The zero-order chi connectivity index (χ0) is 14.7. The highest BCUT2D eigenvalue weighted by Crippen LogP contribution is 2.26. The SMILES string of the molecule is CC(C)C[C@H]1CCCCN1C(=O)c1csc(C(C)C)n1. The Morgan fingerprint density at radius 2 is 2.15 bits per heavy atom. The molecule has 1 atom stereocenters. The first-order chi connectivity index (χ1) is 9.49. The monoisotopic (exact) mass is 294 g/mol. The second-order valence-corrected chi connectivity index (χ2v) is 7.39. The molecule has 2 rings (SSSR count). The lowest BCUT2D eigenvalue weighted by Crippen LogP contribution is -2.44. The normalized spacial score (nSPS) is 19.9. The Morgan fingerprint density at radius 3 is 2.75 bits per heavy atom. The van der Waals surface area contributed by atoms with Crippen molar-refractivity contribution in [1.29, 1.82) is 0 Å². The van der Waals surface area contributed by atoms with Gasteiger partial charge in [0.25, 0.3) is 5.91 Å². The molecular weight excluding hydrogens is 268 g/mol. The molecule has 1 aromatic heterocycles. The van der Waals surface area contributed by atoms with Gasteiger partial charge in [-0.25, -0.2) is 4.98 Å². The predicted octanol–water partition coefficient (Wildman–Crippen LogP) is 4.31. The Bertz CT molecular complexity index is 453. The lowest BCUT2D eigenvalue weighted by Gasteiger charge is -2.36. The smallest absolute Gasteiger partial charge is 0.273 e. The zero-order valence-electron chi connectivity index (χ0n) is 13.1. The van der Waals surface area contributed by atoms with Gasteiger partial charge >= 0.3 is 0 Å². The molecule has 0 saturated carbocycles. The third kappa shape index (κ3) is 3.60. The Kier molecular flexibility index (Phi) is 5.19. The minimum atomic E-state index is 0.138. The van der Waals surface area contributed by atoms with Crippen molar-refractivity contribution in [3.05, 3.63) is 16.1 Å². The number of carbonyl (C=O) groups excluding carboxylic acids is 1. The molecule has 0 unspecified atom stereocenters. The van der Waals surface area contributed by atoms with Gasteiger partial charge in [0, 0.05) is 23.9 Å². The third-order valence-electron chi connectivity index (χ3n) is 3.87. The van der Waals surface area contributed by atoms with Crippen LogP contribution in [-0.2, 0) is 0 Å². The molecule has 1 aliphatic heterocycles. The van der Waals surface area contributed by atoms with Gasteiger partial charge in [0.15, 0.2) is 0 Å². The van der Waals surface area contributed by atoms with Gasteiger partial charge in [0.2, 0.25) is 0 Å². The molecule has 3 nitrogen and oxygen atoms in total. The molecule has 0 aliphatic carbocycles. The van der Waals surface area contributed by atoms with Gasteiger partial charge in [-0.3, -0.25) is 4.79 Å². The Morgan fingerprint density at radius 1 is 1.40 bits per heavy atom. The summed E-state index contributed by atoms with van der Waals surface area (Å²) in [4.78, 5) is 19.3. The van der Waals surface area contributed by atoms with Crippen LogP contribution < -0.4 is 0 Å². The van der Waals surface area contributed by atoms with E-state index in [1.807, 2.05) is 5.38 Å². The number of amides is 1. The van der Waals surface area contributed by atoms with Crippen LogP contribution in [0.5, 0.6) is 0 Å². The fourth-order valence-corrected chi connectivity index (χ4v) is 3.66. The standard InChI is InChI=1S/C16H26N2OS/c1-11(2)9-13-7-5-6-8-18(13)16(19)14-10-20-15(17-14)12(3)4/h10-13H,5-9H2,1-4H3/t13-/m1/s1. The van der Waals surface area contributed by atoms with Gasteiger partial charge in [-0.2, -0.15) is 0 Å². The Balaban J connectivity index is 2.12. The quantitative estimate of drug-likeness (QED) is 0.829. The summed E-state index contributed by atoms with van der Waals surface area (Å²) in [5.74, 6) is 1.17. The maximum Gasteiger partial charge on any atom is 0.273 e. The van der Waals surface area contributed by atoms with E-state index < -0.39 is 0 Å². The molecule has 2 heterocycles. The van der Waals surface area contributed by atoms with Gasteiger partial charge < -0.3 is 4.90 Å². The van der Waals surface area contributed by atoms with Crippen molar-refractivity contribution in [2.75, 3.05) is 6.54 Å². The average Bonchev–Trinajstić information content (AvgIpc) is 2.87. The van der Waals surface area contributed by atoms with Crippen molar-refractivity contribution in [1.82, 2.24) is 9.88 Å². The number of carbonyl (C=O) groups is 1. The third-order valence-corrected chi connectivity index (χ3v) is 5.01. The molecule has 4 heteroatoms. The van der Waals surface area contributed by atoms with E-state index in [-0.39, 0.29) is 5.91 Å². The highest BCUT2D eigenvalue weighted by atomic mass is 32.1. The van der Waals surface area contributed by atoms with Gasteiger partial charge in [-0.05, 0) is 31.6 Å². The van der Waals surface area contributed by atoms with E-state index in [1.165, 1.54) is 6.42 Å². The first-order valence-electron chi connectivity index (χ1n) is 7.75. The van der Waals surface area contributed by atoms with E-state index in [0.717, 1.165) is 30.8 Å². The van der Waals surface area contributed by atoms with E-state index in [0.29, 0.717) is 23.6 Å². The van der Waals surface area contributed by atoms with Gasteiger partial charge in [-0.15, -0.1) is 11.3 Å². The minimum Gasteiger partial charge on any atom is -0.334 e. The van der Waals surface area contributed by atoms with Crippen molar-refractivity contribution in [3.63, 3.8) is 0 Å². The molecule has 1 saturated heterocycles. The topological polar surface area (TPSA) is 33.2 Å². The highest BCUT2D eigenvalue weighted by Gasteiger charge is 2.29. The average molecular weight is 294 g/mol. The van der Waals surface area contributed by atoms with Crippen LogP contribution in [0.25, 0.3) is 0 Å². The van der Waals surface area contributed by atoms with Crippen molar-refractivity contribution in [3.8, 4) is 0 Å².